The molecule has 0 fully saturated rings. The van der Waals surface area contributed by atoms with Crippen molar-refractivity contribution >= 4 is 40.7 Å². The highest BCUT2D eigenvalue weighted by atomic mass is 32.1. The number of carboxylic acids is 1. The molecular weight excluding hydrogens is 228 g/mol. The lowest BCUT2D eigenvalue weighted by atomic mass is 10.6. The highest BCUT2D eigenvalue weighted by molar-refractivity contribution is 7.73. The summed E-state index contributed by atoms with van der Waals surface area (Å²) in [4.78, 5) is 21.0. The maximum Gasteiger partial charge on any atom is 0.323 e. The van der Waals surface area contributed by atoms with Crippen molar-refractivity contribution in [2.45, 2.75) is 0 Å². The van der Waals surface area contributed by atoms with Crippen LogP contribution in [0.5, 0.6) is 0 Å². The number of anilines is 1. The van der Waals surface area contributed by atoms with Crippen molar-refractivity contribution in [2.24, 2.45) is 0 Å². The van der Waals surface area contributed by atoms with Gasteiger partial charge in [0.2, 0.25) is 5.13 Å². The van der Waals surface area contributed by atoms with Crippen LogP contribution in [0, 0.1) is 3.95 Å². The summed E-state index contributed by atoms with van der Waals surface area (Å²) in [5.74, 6) is -1.12. The van der Waals surface area contributed by atoms with Crippen LogP contribution in [0.15, 0.2) is 0 Å². The number of carbonyl (C=O) groups is 2. The molecule has 2 amide bonds. The SMILES string of the molecule is O=C(O)CNC(=O)Nc1n[nH]c(=S)s1. The molecule has 0 spiro atoms. The smallest absolute Gasteiger partial charge is 0.323 e. The molecule has 14 heavy (non-hydrogen) atoms. The molecule has 0 aliphatic heterocycles. The third-order valence-electron chi connectivity index (χ3n) is 1.06. The molecule has 7 nitrogen and oxygen atoms in total. The van der Waals surface area contributed by atoms with Gasteiger partial charge in [0.15, 0.2) is 3.95 Å². The number of aliphatic carboxylic acids is 1. The van der Waals surface area contributed by atoms with E-state index in [1.165, 1.54) is 0 Å². The normalized spacial score (nSPS) is 9.43. The minimum absolute atomic E-state index is 0.290. The summed E-state index contributed by atoms with van der Waals surface area (Å²) in [5, 5.41) is 19.1. The van der Waals surface area contributed by atoms with E-state index in [1.54, 1.807) is 0 Å². The second-order valence-electron chi connectivity index (χ2n) is 2.12. The molecule has 4 N–H and O–H groups in total. The maximum atomic E-state index is 11.0. The zero-order chi connectivity index (χ0) is 10.6. The molecule has 1 heterocycles. The van der Waals surface area contributed by atoms with E-state index < -0.39 is 18.5 Å². The first-order chi connectivity index (χ1) is 6.58. The Bertz CT molecular complexity index is 398. The molecule has 1 aromatic rings. The molecule has 0 aliphatic carbocycles. The van der Waals surface area contributed by atoms with Gasteiger partial charge in [0, 0.05) is 0 Å². The fourth-order valence-electron chi connectivity index (χ4n) is 0.581. The highest BCUT2D eigenvalue weighted by Gasteiger charge is 2.05. The number of urea groups is 1. The summed E-state index contributed by atoms with van der Waals surface area (Å²) in [5.41, 5.74) is 0. The van der Waals surface area contributed by atoms with Crippen LogP contribution < -0.4 is 10.6 Å². The molecule has 9 heteroatoms. The Balaban J connectivity index is 2.41. The molecule has 0 bridgehead atoms. The minimum Gasteiger partial charge on any atom is -0.480 e. The van der Waals surface area contributed by atoms with E-state index in [-0.39, 0.29) is 5.13 Å². The van der Waals surface area contributed by atoms with Crippen molar-refractivity contribution < 1.29 is 14.7 Å². The van der Waals surface area contributed by atoms with Gasteiger partial charge in [-0.3, -0.25) is 15.2 Å². The van der Waals surface area contributed by atoms with Gasteiger partial charge in [0.1, 0.15) is 6.54 Å². The molecule has 76 valence electrons. The number of H-pyrrole nitrogens is 1. The highest BCUT2D eigenvalue weighted by Crippen LogP contribution is 2.09. The molecule has 0 aliphatic rings. The maximum absolute atomic E-state index is 11.0. The summed E-state index contributed by atoms with van der Waals surface area (Å²) in [6.07, 6.45) is 0. The number of carboxylic acid groups (broad SMARTS) is 1. The lowest BCUT2D eigenvalue weighted by molar-refractivity contribution is -0.135. The zero-order valence-electron chi connectivity index (χ0n) is 6.73. The Labute approximate surface area is 87.2 Å². The predicted octanol–water partition coefficient (Wildman–Crippen LogP) is 0.407. The number of rotatable bonds is 3. The van der Waals surface area contributed by atoms with Crippen LogP contribution in [-0.2, 0) is 4.79 Å². The largest absolute Gasteiger partial charge is 0.480 e. The van der Waals surface area contributed by atoms with Crippen LogP contribution in [0.3, 0.4) is 0 Å². The number of carbonyl (C=O) groups excluding carboxylic acids is 1. The number of nitrogens with zero attached hydrogens (tertiary/aromatic N) is 1. The van der Waals surface area contributed by atoms with Crippen molar-refractivity contribution in [3.63, 3.8) is 0 Å². The lowest BCUT2D eigenvalue weighted by Crippen LogP contribution is -2.33. The molecule has 0 aromatic carbocycles. The molecule has 1 aromatic heterocycles. The first kappa shape index (κ1) is 10.6. The monoisotopic (exact) mass is 234 g/mol. The van der Waals surface area contributed by atoms with Crippen LogP contribution in [0.4, 0.5) is 9.93 Å². The summed E-state index contributed by atoms with van der Waals surface area (Å²) in [6.45, 7) is -0.443. The van der Waals surface area contributed by atoms with Gasteiger partial charge in [-0.05, 0) is 12.2 Å². The Kier molecular flexibility index (Phi) is 3.54. The summed E-state index contributed by atoms with van der Waals surface area (Å²) >= 11 is 5.81. The average molecular weight is 234 g/mol. The quantitative estimate of drug-likeness (QED) is 0.566. The minimum atomic E-state index is -1.12. The van der Waals surface area contributed by atoms with Gasteiger partial charge in [-0.1, -0.05) is 11.3 Å². The molecular formula is C5H6N4O3S2. The van der Waals surface area contributed by atoms with Crippen molar-refractivity contribution in [2.75, 3.05) is 11.9 Å². The van der Waals surface area contributed by atoms with Crippen LogP contribution in [0.1, 0.15) is 0 Å². The summed E-state index contributed by atoms with van der Waals surface area (Å²) in [7, 11) is 0. The fraction of sp³-hybridized carbons (Fsp3) is 0.200. The van der Waals surface area contributed by atoms with E-state index >= 15 is 0 Å². The van der Waals surface area contributed by atoms with E-state index in [9.17, 15) is 9.59 Å². The first-order valence-electron chi connectivity index (χ1n) is 3.40. The van der Waals surface area contributed by atoms with Gasteiger partial charge in [0.05, 0.1) is 0 Å². The van der Waals surface area contributed by atoms with Crippen molar-refractivity contribution in [3.05, 3.63) is 3.95 Å². The third-order valence-corrected chi connectivity index (χ3v) is 2.06. The molecule has 0 radical (unpaired) electrons. The van der Waals surface area contributed by atoms with Gasteiger partial charge in [-0.2, -0.15) is 0 Å². The van der Waals surface area contributed by atoms with Gasteiger partial charge in [-0.15, -0.1) is 5.10 Å². The first-order valence-corrected chi connectivity index (χ1v) is 4.62. The number of amides is 2. The number of nitrogens with one attached hydrogen (secondary N) is 3. The van der Waals surface area contributed by atoms with Crippen LogP contribution in [0.2, 0.25) is 0 Å². The van der Waals surface area contributed by atoms with E-state index in [0.717, 1.165) is 11.3 Å². The lowest BCUT2D eigenvalue weighted by Gasteiger charge is -2.00. The predicted molar refractivity (Wildman–Crippen MR) is 52.0 cm³/mol. The Morgan fingerprint density at radius 3 is 2.86 bits per heavy atom. The van der Waals surface area contributed by atoms with E-state index in [4.69, 9.17) is 17.3 Å². The number of aromatic nitrogens is 2. The van der Waals surface area contributed by atoms with Crippen molar-refractivity contribution in [1.82, 2.24) is 15.5 Å². The second kappa shape index (κ2) is 4.67. The zero-order valence-corrected chi connectivity index (χ0v) is 8.37. The van der Waals surface area contributed by atoms with Gasteiger partial charge >= 0.3 is 12.0 Å². The molecule has 1 rings (SSSR count). The summed E-state index contributed by atoms with van der Waals surface area (Å²) in [6, 6.07) is -0.634. The molecule has 0 saturated carbocycles. The second-order valence-corrected chi connectivity index (χ2v) is 3.79. The van der Waals surface area contributed by atoms with Gasteiger partial charge in [-0.25, -0.2) is 4.79 Å². The standard InChI is InChI=1S/C5H6N4O3S2/c10-2(11)1-6-3(12)7-4-8-9-5(13)14-4/h1H2,(H,9,13)(H,10,11)(H2,6,7,8,12). The number of aromatic amines is 1. The van der Waals surface area contributed by atoms with Gasteiger partial charge in [0.25, 0.3) is 0 Å². The van der Waals surface area contributed by atoms with Crippen molar-refractivity contribution in [1.29, 1.82) is 0 Å². The van der Waals surface area contributed by atoms with Crippen LogP contribution >= 0.6 is 23.6 Å². The van der Waals surface area contributed by atoms with E-state index in [2.05, 4.69) is 20.8 Å². The van der Waals surface area contributed by atoms with E-state index in [0.29, 0.717) is 3.95 Å². The molecule has 0 saturated heterocycles. The topological polar surface area (TPSA) is 107 Å². The van der Waals surface area contributed by atoms with Crippen LogP contribution in [-0.4, -0.2) is 33.8 Å². The van der Waals surface area contributed by atoms with Gasteiger partial charge < -0.3 is 10.4 Å². The molecule has 0 atom stereocenters. The third kappa shape index (κ3) is 3.49. The number of hydrogen-bond donors (Lipinski definition) is 4. The van der Waals surface area contributed by atoms with Crippen LogP contribution in [0.25, 0.3) is 0 Å². The average Bonchev–Trinajstić information content (AvgIpc) is 2.48. The Morgan fingerprint density at radius 2 is 2.36 bits per heavy atom. The fourth-order valence-corrected chi connectivity index (χ4v) is 1.36. The van der Waals surface area contributed by atoms with Crippen molar-refractivity contribution in [3.8, 4) is 0 Å². The Morgan fingerprint density at radius 1 is 1.64 bits per heavy atom. The Hall–Kier alpha value is -1.48. The molecule has 0 unspecified atom stereocenters. The summed E-state index contributed by atoms with van der Waals surface area (Å²) < 4.78 is 0.429. The number of hydrogen-bond acceptors (Lipinski definition) is 5. The van der Waals surface area contributed by atoms with E-state index in [1.807, 2.05) is 0 Å².